The lowest BCUT2D eigenvalue weighted by molar-refractivity contribution is -0.120. The number of rotatable bonds is 6. The van der Waals surface area contributed by atoms with Crippen molar-refractivity contribution in [3.8, 4) is 5.69 Å². The molecular formula is C17H22N4O2. The van der Waals surface area contributed by atoms with Gasteiger partial charge < -0.3 is 10.6 Å². The molecule has 0 spiro atoms. The van der Waals surface area contributed by atoms with E-state index in [9.17, 15) is 9.59 Å². The molecule has 2 N–H and O–H groups in total. The van der Waals surface area contributed by atoms with Crippen LogP contribution in [0.4, 0.5) is 0 Å². The van der Waals surface area contributed by atoms with Crippen molar-refractivity contribution in [2.75, 3.05) is 6.54 Å². The summed E-state index contributed by atoms with van der Waals surface area (Å²) in [4.78, 5) is 23.9. The maximum atomic E-state index is 12.3. The van der Waals surface area contributed by atoms with E-state index >= 15 is 0 Å². The van der Waals surface area contributed by atoms with Gasteiger partial charge in [-0.2, -0.15) is 5.10 Å². The van der Waals surface area contributed by atoms with Crippen LogP contribution in [0.3, 0.4) is 0 Å². The van der Waals surface area contributed by atoms with Gasteiger partial charge in [-0.15, -0.1) is 0 Å². The Morgan fingerprint density at radius 1 is 1.22 bits per heavy atom. The van der Waals surface area contributed by atoms with Crippen molar-refractivity contribution in [1.29, 1.82) is 0 Å². The van der Waals surface area contributed by atoms with E-state index in [2.05, 4.69) is 15.7 Å². The second-order valence-electron chi connectivity index (χ2n) is 5.51. The van der Waals surface area contributed by atoms with Crippen molar-refractivity contribution in [3.63, 3.8) is 0 Å². The normalized spacial score (nSPS) is 10.6. The number of amides is 2. The highest BCUT2D eigenvalue weighted by Crippen LogP contribution is 2.15. The summed E-state index contributed by atoms with van der Waals surface area (Å²) >= 11 is 0. The van der Waals surface area contributed by atoms with Crippen LogP contribution in [0, 0.1) is 0 Å². The average Bonchev–Trinajstić information content (AvgIpc) is 2.96. The van der Waals surface area contributed by atoms with Crippen molar-refractivity contribution in [1.82, 2.24) is 20.4 Å². The van der Waals surface area contributed by atoms with Crippen LogP contribution >= 0.6 is 0 Å². The van der Waals surface area contributed by atoms with Gasteiger partial charge >= 0.3 is 0 Å². The molecule has 1 aromatic heterocycles. The SMILES string of the molecule is CCc1c(C(=O)NCC(=O)NC(C)C)cnn1-c1ccccc1. The number of aromatic nitrogens is 2. The van der Waals surface area contributed by atoms with Crippen LogP contribution in [0.25, 0.3) is 5.69 Å². The van der Waals surface area contributed by atoms with Crippen LogP contribution in [0.15, 0.2) is 36.5 Å². The molecule has 0 aliphatic heterocycles. The van der Waals surface area contributed by atoms with Gasteiger partial charge in [0.2, 0.25) is 5.91 Å². The number of carbonyl (C=O) groups excluding carboxylic acids is 2. The van der Waals surface area contributed by atoms with Crippen molar-refractivity contribution in [2.24, 2.45) is 0 Å². The summed E-state index contributed by atoms with van der Waals surface area (Å²) in [5.41, 5.74) is 2.22. The minimum absolute atomic E-state index is 0.0450. The first-order valence-corrected chi connectivity index (χ1v) is 7.72. The Labute approximate surface area is 135 Å². The van der Waals surface area contributed by atoms with Crippen molar-refractivity contribution < 1.29 is 9.59 Å². The lowest BCUT2D eigenvalue weighted by Crippen LogP contribution is -2.39. The molecule has 0 aliphatic carbocycles. The molecule has 0 radical (unpaired) electrons. The molecule has 0 saturated carbocycles. The Bertz CT molecular complexity index is 677. The zero-order valence-corrected chi connectivity index (χ0v) is 13.7. The summed E-state index contributed by atoms with van der Waals surface area (Å²) in [6.07, 6.45) is 2.21. The standard InChI is InChI=1S/C17H22N4O2/c1-4-15-14(17(23)18-11-16(22)20-12(2)3)10-19-21(15)13-8-6-5-7-9-13/h5-10,12H,4,11H2,1-3H3,(H,18,23)(H,20,22). The van der Waals surface area contributed by atoms with E-state index in [1.54, 1.807) is 10.9 Å². The lowest BCUT2D eigenvalue weighted by Gasteiger charge is -2.10. The molecule has 0 atom stereocenters. The van der Waals surface area contributed by atoms with Gasteiger partial charge in [0.05, 0.1) is 29.7 Å². The van der Waals surface area contributed by atoms with E-state index < -0.39 is 0 Å². The van der Waals surface area contributed by atoms with E-state index in [-0.39, 0.29) is 24.4 Å². The minimum atomic E-state index is -0.289. The fraction of sp³-hybridized carbons (Fsp3) is 0.353. The topological polar surface area (TPSA) is 76.0 Å². The maximum absolute atomic E-state index is 12.3. The molecule has 23 heavy (non-hydrogen) atoms. The highest BCUT2D eigenvalue weighted by molar-refractivity contribution is 5.97. The molecule has 1 aromatic carbocycles. The first kappa shape index (κ1) is 16.7. The molecule has 6 nitrogen and oxygen atoms in total. The largest absolute Gasteiger partial charge is 0.352 e. The zero-order valence-electron chi connectivity index (χ0n) is 13.7. The van der Waals surface area contributed by atoms with Crippen LogP contribution in [0.1, 0.15) is 36.8 Å². The smallest absolute Gasteiger partial charge is 0.255 e. The molecule has 0 saturated heterocycles. The van der Waals surface area contributed by atoms with Crippen molar-refractivity contribution in [3.05, 3.63) is 47.8 Å². The highest BCUT2D eigenvalue weighted by Gasteiger charge is 2.17. The average molecular weight is 314 g/mol. The Kier molecular flexibility index (Phi) is 5.51. The van der Waals surface area contributed by atoms with E-state index in [1.165, 1.54) is 0 Å². The summed E-state index contributed by atoms with van der Waals surface area (Å²) in [7, 11) is 0. The van der Waals surface area contributed by atoms with Gasteiger partial charge in [-0.3, -0.25) is 9.59 Å². The van der Waals surface area contributed by atoms with Gasteiger partial charge in [-0.05, 0) is 32.4 Å². The molecule has 0 fully saturated rings. The Hall–Kier alpha value is -2.63. The molecule has 1 heterocycles. The second-order valence-corrected chi connectivity index (χ2v) is 5.51. The third-order valence-corrected chi connectivity index (χ3v) is 3.31. The van der Waals surface area contributed by atoms with Crippen LogP contribution in [0.5, 0.6) is 0 Å². The van der Waals surface area contributed by atoms with Gasteiger partial charge in [-0.25, -0.2) is 4.68 Å². The van der Waals surface area contributed by atoms with Crippen molar-refractivity contribution >= 4 is 11.8 Å². The fourth-order valence-electron chi connectivity index (χ4n) is 2.32. The number of nitrogens with zero attached hydrogens (tertiary/aromatic N) is 2. The molecule has 2 amide bonds. The minimum Gasteiger partial charge on any atom is -0.352 e. The van der Waals surface area contributed by atoms with E-state index in [1.807, 2.05) is 51.1 Å². The van der Waals surface area contributed by atoms with Gasteiger partial charge in [0, 0.05) is 6.04 Å². The van der Waals surface area contributed by atoms with E-state index in [4.69, 9.17) is 0 Å². The third kappa shape index (κ3) is 4.18. The Balaban J connectivity index is 2.12. The summed E-state index contributed by atoms with van der Waals surface area (Å²) < 4.78 is 1.75. The van der Waals surface area contributed by atoms with Crippen LogP contribution < -0.4 is 10.6 Å². The highest BCUT2D eigenvalue weighted by atomic mass is 16.2. The van der Waals surface area contributed by atoms with Crippen LogP contribution in [0.2, 0.25) is 0 Å². The van der Waals surface area contributed by atoms with Gasteiger partial charge in [0.25, 0.3) is 5.91 Å². The number of hydrogen-bond acceptors (Lipinski definition) is 3. The summed E-state index contributed by atoms with van der Waals surface area (Å²) in [6, 6.07) is 9.69. The summed E-state index contributed by atoms with van der Waals surface area (Å²) in [6.45, 7) is 5.67. The molecule has 0 unspecified atom stereocenters. The van der Waals surface area contributed by atoms with Crippen LogP contribution in [-0.2, 0) is 11.2 Å². The fourth-order valence-corrected chi connectivity index (χ4v) is 2.32. The lowest BCUT2D eigenvalue weighted by atomic mass is 10.2. The van der Waals surface area contributed by atoms with Gasteiger partial charge in [0.1, 0.15) is 0 Å². The first-order valence-electron chi connectivity index (χ1n) is 7.72. The number of benzene rings is 1. The summed E-state index contributed by atoms with van der Waals surface area (Å²) in [5, 5.41) is 9.68. The molecule has 122 valence electrons. The number of hydrogen-bond donors (Lipinski definition) is 2. The van der Waals surface area contributed by atoms with Gasteiger partial charge in [0.15, 0.2) is 0 Å². The molecule has 0 bridgehead atoms. The maximum Gasteiger partial charge on any atom is 0.255 e. The molecular weight excluding hydrogens is 292 g/mol. The van der Waals surface area contributed by atoms with Crippen molar-refractivity contribution in [2.45, 2.75) is 33.2 Å². The van der Waals surface area contributed by atoms with E-state index in [0.717, 1.165) is 11.4 Å². The predicted molar refractivity (Wildman–Crippen MR) is 88.6 cm³/mol. The Morgan fingerprint density at radius 2 is 1.91 bits per heavy atom. The van der Waals surface area contributed by atoms with E-state index in [0.29, 0.717) is 12.0 Å². The molecule has 0 aliphatic rings. The predicted octanol–water partition coefficient (Wildman–Crippen LogP) is 1.69. The first-order chi connectivity index (χ1) is 11.0. The second kappa shape index (κ2) is 7.58. The number of carbonyl (C=O) groups is 2. The number of nitrogens with one attached hydrogen (secondary N) is 2. The molecule has 2 aromatic rings. The van der Waals surface area contributed by atoms with Gasteiger partial charge in [-0.1, -0.05) is 25.1 Å². The quantitative estimate of drug-likeness (QED) is 0.852. The molecule has 2 rings (SSSR count). The molecule has 6 heteroatoms. The number of para-hydroxylation sites is 1. The third-order valence-electron chi connectivity index (χ3n) is 3.31. The Morgan fingerprint density at radius 3 is 2.52 bits per heavy atom. The monoisotopic (exact) mass is 314 g/mol. The summed E-state index contributed by atoms with van der Waals surface area (Å²) in [5.74, 6) is -0.496. The zero-order chi connectivity index (χ0) is 16.8. The van der Waals surface area contributed by atoms with Crippen LogP contribution in [-0.4, -0.2) is 34.2 Å².